The zero-order valence-corrected chi connectivity index (χ0v) is 16.9. The van der Waals surface area contributed by atoms with Crippen LogP contribution in [0.4, 0.5) is 17.6 Å². The summed E-state index contributed by atoms with van der Waals surface area (Å²) in [6.45, 7) is 0.888. The molecular weight excluding hydrogens is 434 g/mol. The van der Waals surface area contributed by atoms with Crippen LogP contribution in [0.1, 0.15) is 52.2 Å². The molecule has 2 bridgehead atoms. The Morgan fingerprint density at radius 1 is 1.25 bits per heavy atom. The van der Waals surface area contributed by atoms with Crippen molar-refractivity contribution in [2.75, 3.05) is 13.1 Å². The summed E-state index contributed by atoms with van der Waals surface area (Å²) in [6.07, 6.45) is 1.49. The average molecular weight is 453 g/mol. The molecule has 2 atom stereocenters. The predicted octanol–water partition coefficient (Wildman–Crippen LogP) is 2.42. The molecule has 170 valence electrons. The van der Waals surface area contributed by atoms with Crippen molar-refractivity contribution in [1.29, 1.82) is 0 Å². The van der Waals surface area contributed by atoms with Gasteiger partial charge in [-0.3, -0.25) is 14.4 Å². The van der Waals surface area contributed by atoms with Crippen LogP contribution >= 0.6 is 0 Å². The van der Waals surface area contributed by atoms with E-state index in [0.717, 1.165) is 10.8 Å². The molecule has 2 aliphatic rings. The molecule has 1 fully saturated rings. The van der Waals surface area contributed by atoms with Gasteiger partial charge < -0.3 is 19.9 Å². The van der Waals surface area contributed by atoms with Crippen LogP contribution in [-0.2, 0) is 6.54 Å². The van der Waals surface area contributed by atoms with Gasteiger partial charge in [-0.25, -0.2) is 17.6 Å². The molecular formula is C21H19F4N3O4. The summed E-state index contributed by atoms with van der Waals surface area (Å²) in [6, 6.07) is -0.0755. The number of nitrogens with one attached hydrogen (secondary N) is 1. The monoisotopic (exact) mass is 453 g/mol. The van der Waals surface area contributed by atoms with Gasteiger partial charge >= 0.3 is 0 Å². The summed E-state index contributed by atoms with van der Waals surface area (Å²) in [5, 5.41) is 12.6. The zero-order chi connectivity index (χ0) is 23.4. The van der Waals surface area contributed by atoms with Gasteiger partial charge in [-0.15, -0.1) is 0 Å². The summed E-state index contributed by atoms with van der Waals surface area (Å²) in [4.78, 5) is 39.3. The number of carbonyl (C=O) groups is 2. The Kier molecular flexibility index (Phi) is 5.22. The molecule has 0 saturated carbocycles. The van der Waals surface area contributed by atoms with Crippen LogP contribution in [0.15, 0.2) is 23.1 Å². The number of benzene rings is 1. The minimum Gasteiger partial charge on any atom is -0.503 e. The molecule has 0 spiro atoms. The van der Waals surface area contributed by atoms with Crippen molar-refractivity contribution in [2.45, 2.75) is 38.0 Å². The van der Waals surface area contributed by atoms with Crippen molar-refractivity contribution in [3.8, 4) is 5.75 Å². The smallest absolute Gasteiger partial charge is 0.274 e. The van der Waals surface area contributed by atoms with E-state index < -0.39 is 75.5 Å². The van der Waals surface area contributed by atoms with E-state index in [4.69, 9.17) is 0 Å². The molecule has 1 aromatic heterocycles. The molecule has 3 heterocycles. The molecule has 1 aromatic carbocycles. The molecule has 2 aliphatic heterocycles. The standard InChI is InChI=1S/C21H19F4N3O4/c1-21(25)3-2-4-27-9-15(21)28-8-12(17(29)18(30)16(28)20(27)32)19(31)26-7-11-13(23)5-10(22)6-14(11)24/h5-6,8,15,30H,2-4,7,9H2,1H3,(H,26,31)/t15-,21+/m1/s1. The number of hydrogen-bond donors (Lipinski definition) is 2. The number of nitrogens with zero attached hydrogens (tertiary/aromatic N) is 2. The first kappa shape index (κ1) is 21.8. The maximum Gasteiger partial charge on any atom is 0.274 e. The van der Waals surface area contributed by atoms with E-state index in [2.05, 4.69) is 5.32 Å². The minimum atomic E-state index is -1.79. The van der Waals surface area contributed by atoms with Crippen molar-refractivity contribution in [3.05, 3.63) is 62.8 Å². The first-order valence-electron chi connectivity index (χ1n) is 9.89. The third-order valence-electron chi connectivity index (χ3n) is 5.99. The Bertz CT molecular complexity index is 1170. The number of aromatic hydroxyl groups is 1. The lowest BCUT2D eigenvalue weighted by Gasteiger charge is -2.38. The molecule has 2 aromatic rings. The average Bonchev–Trinajstić information content (AvgIpc) is 2.84. The van der Waals surface area contributed by atoms with Gasteiger partial charge in [0.15, 0.2) is 11.4 Å². The maximum absolute atomic E-state index is 15.3. The van der Waals surface area contributed by atoms with E-state index in [9.17, 15) is 32.7 Å². The molecule has 2 N–H and O–H groups in total. The van der Waals surface area contributed by atoms with Crippen LogP contribution in [0.3, 0.4) is 0 Å². The largest absolute Gasteiger partial charge is 0.503 e. The van der Waals surface area contributed by atoms with Gasteiger partial charge in [0.05, 0.1) is 6.04 Å². The zero-order valence-electron chi connectivity index (χ0n) is 16.9. The highest BCUT2D eigenvalue weighted by atomic mass is 19.2. The number of fused-ring (bicyclic) bond motifs is 4. The van der Waals surface area contributed by atoms with Crippen molar-refractivity contribution < 1.29 is 32.3 Å². The topological polar surface area (TPSA) is 91.6 Å². The molecule has 0 radical (unpaired) electrons. The normalized spacial score (nSPS) is 22.3. The molecule has 2 amide bonds. The first-order chi connectivity index (χ1) is 15.0. The number of pyridine rings is 1. The maximum atomic E-state index is 15.3. The van der Waals surface area contributed by atoms with E-state index >= 15 is 4.39 Å². The van der Waals surface area contributed by atoms with Crippen LogP contribution < -0.4 is 10.7 Å². The molecule has 0 unspecified atom stereocenters. The Morgan fingerprint density at radius 3 is 2.56 bits per heavy atom. The quantitative estimate of drug-likeness (QED) is 0.699. The summed E-state index contributed by atoms with van der Waals surface area (Å²) in [5.41, 5.74) is -4.64. The Hall–Kier alpha value is -3.37. The highest BCUT2D eigenvalue weighted by Crippen LogP contribution is 2.40. The van der Waals surface area contributed by atoms with Crippen molar-refractivity contribution in [1.82, 2.24) is 14.8 Å². The number of halogens is 4. The third kappa shape index (κ3) is 3.51. The van der Waals surface area contributed by atoms with Gasteiger partial charge in [-0.05, 0) is 19.8 Å². The summed E-state index contributed by atoms with van der Waals surface area (Å²) < 4.78 is 57.1. The van der Waals surface area contributed by atoms with Crippen molar-refractivity contribution >= 4 is 11.8 Å². The van der Waals surface area contributed by atoms with Gasteiger partial charge in [0.2, 0.25) is 5.43 Å². The first-order valence-corrected chi connectivity index (χ1v) is 9.89. The van der Waals surface area contributed by atoms with Crippen LogP contribution in [0.2, 0.25) is 0 Å². The Balaban J connectivity index is 1.72. The third-order valence-corrected chi connectivity index (χ3v) is 5.99. The number of aromatic nitrogens is 1. The second-order valence-corrected chi connectivity index (χ2v) is 8.16. The summed E-state index contributed by atoms with van der Waals surface area (Å²) >= 11 is 0. The lowest BCUT2D eigenvalue weighted by Crippen LogP contribution is -2.48. The van der Waals surface area contributed by atoms with Gasteiger partial charge in [-0.2, -0.15) is 0 Å². The Morgan fingerprint density at radius 2 is 1.91 bits per heavy atom. The number of alkyl halides is 1. The van der Waals surface area contributed by atoms with Gasteiger partial charge in [0, 0.05) is 43.5 Å². The minimum absolute atomic E-state index is 0.00575. The second-order valence-electron chi connectivity index (χ2n) is 8.16. The molecule has 1 saturated heterocycles. The predicted molar refractivity (Wildman–Crippen MR) is 104 cm³/mol. The molecule has 7 nitrogen and oxygen atoms in total. The highest BCUT2D eigenvalue weighted by Gasteiger charge is 2.46. The fraction of sp³-hybridized carbons (Fsp3) is 0.381. The van der Waals surface area contributed by atoms with Crippen LogP contribution in [0, 0.1) is 17.5 Å². The number of rotatable bonds is 3. The fourth-order valence-corrected chi connectivity index (χ4v) is 4.23. The van der Waals surface area contributed by atoms with Gasteiger partial charge in [0.1, 0.15) is 28.7 Å². The lowest BCUT2D eigenvalue weighted by atomic mass is 9.92. The van der Waals surface area contributed by atoms with Gasteiger partial charge in [0.25, 0.3) is 11.8 Å². The number of carbonyl (C=O) groups excluding carboxylic acids is 2. The Labute approximate surface area is 179 Å². The molecule has 11 heteroatoms. The van der Waals surface area contributed by atoms with E-state index in [1.54, 1.807) is 0 Å². The van der Waals surface area contributed by atoms with Crippen LogP contribution in [-0.4, -0.2) is 45.1 Å². The fourth-order valence-electron chi connectivity index (χ4n) is 4.23. The molecule has 0 aliphatic carbocycles. The van der Waals surface area contributed by atoms with E-state index in [1.807, 2.05) is 0 Å². The molecule has 32 heavy (non-hydrogen) atoms. The van der Waals surface area contributed by atoms with E-state index in [-0.39, 0.29) is 19.5 Å². The van der Waals surface area contributed by atoms with E-state index in [1.165, 1.54) is 11.8 Å². The van der Waals surface area contributed by atoms with Gasteiger partial charge in [-0.1, -0.05) is 0 Å². The lowest BCUT2D eigenvalue weighted by molar-refractivity contribution is 0.0520. The van der Waals surface area contributed by atoms with Crippen molar-refractivity contribution in [3.63, 3.8) is 0 Å². The highest BCUT2D eigenvalue weighted by molar-refractivity contribution is 5.99. The second kappa shape index (κ2) is 7.64. The SMILES string of the molecule is C[C@]1(F)CCCN2C[C@H]1n1cc(C(=O)NCc3c(F)cc(F)cc3F)c(=O)c(O)c1C2=O. The van der Waals surface area contributed by atoms with E-state index in [0.29, 0.717) is 18.6 Å². The summed E-state index contributed by atoms with van der Waals surface area (Å²) in [7, 11) is 0. The number of amides is 2. The number of hydrogen-bond acceptors (Lipinski definition) is 4. The molecule has 4 rings (SSSR count). The van der Waals surface area contributed by atoms with Crippen LogP contribution in [0.25, 0.3) is 0 Å². The van der Waals surface area contributed by atoms with Crippen LogP contribution in [0.5, 0.6) is 5.75 Å². The summed E-state index contributed by atoms with van der Waals surface area (Å²) in [5.74, 6) is -6.36. The van der Waals surface area contributed by atoms with Crippen molar-refractivity contribution in [2.24, 2.45) is 0 Å².